The summed E-state index contributed by atoms with van der Waals surface area (Å²) in [6.45, 7) is 4.46. The smallest absolute Gasteiger partial charge is 0.339 e. The predicted octanol–water partition coefficient (Wildman–Crippen LogP) is 1.93. The normalized spacial score (nSPS) is 10.3. The van der Waals surface area contributed by atoms with Crippen molar-refractivity contribution >= 4 is 11.9 Å². The van der Waals surface area contributed by atoms with Gasteiger partial charge in [-0.05, 0) is 26.0 Å². The molecule has 0 aliphatic heterocycles. The summed E-state index contributed by atoms with van der Waals surface area (Å²) in [5.74, 6) is 0.546. The third-order valence-electron chi connectivity index (χ3n) is 2.51. The number of esters is 1. The highest BCUT2D eigenvalue weighted by Crippen LogP contribution is 2.10. The Bertz CT molecular complexity index is 587. The number of hydrogen-bond donors (Lipinski definition) is 1. The summed E-state index contributed by atoms with van der Waals surface area (Å²) in [6.07, 6.45) is 4.74. The van der Waals surface area contributed by atoms with Gasteiger partial charge in [-0.3, -0.25) is 0 Å². The second-order valence-corrected chi connectivity index (χ2v) is 4.69. The van der Waals surface area contributed by atoms with Crippen LogP contribution >= 0.6 is 0 Å². The molecule has 0 amide bonds. The quantitative estimate of drug-likeness (QED) is 0.617. The highest BCUT2D eigenvalue weighted by Gasteiger charge is 2.08. The topological polar surface area (TPSA) is 86.2 Å². The molecule has 0 spiro atoms. The Morgan fingerprint density at radius 3 is 2.64 bits per heavy atom. The maximum atomic E-state index is 11.8. The molecule has 7 nitrogen and oxygen atoms in total. The van der Waals surface area contributed by atoms with Gasteiger partial charge in [0.1, 0.15) is 6.61 Å². The van der Waals surface area contributed by atoms with E-state index in [2.05, 4.69) is 20.3 Å². The number of pyridine rings is 1. The molecule has 116 valence electrons. The molecule has 0 bridgehead atoms. The van der Waals surface area contributed by atoms with Crippen LogP contribution in [0.4, 0.5) is 5.95 Å². The van der Waals surface area contributed by atoms with Crippen molar-refractivity contribution in [2.75, 3.05) is 18.5 Å². The van der Waals surface area contributed by atoms with Crippen molar-refractivity contribution in [1.29, 1.82) is 0 Å². The molecule has 0 aliphatic rings. The second-order valence-electron chi connectivity index (χ2n) is 4.69. The summed E-state index contributed by atoms with van der Waals surface area (Å²) in [5.41, 5.74) is 0.382. The van der Waals surface area contributed by atoms with Gasteiger partial charge in [-0.25, -0.2) is 19.7 Å². The molecule has 2 aromatic heterocycles. The molecule has 0 saturated carbocycles. The highest BCUT2D eigenvalue weighted by atomic mass is 16.5. The molecule has 0 unspecified atom stereocenters. The van der Waals surface area contributed by atoms with Gasteiger partial charge >= 0.3 is 5.97 Å². The summed E-state index contributed by atoms with van der Waals surface area (Å²) < 4.78 is 10.5. The third kappa shape index (κ3) is 5.01. The van der Waals surface area contributed by atoms with Gasteiger partial charge in [0, 0.05) is 24.7 Å². The molecule has 2 rings (SSSR count). The molecule has 2 heterocycles. The average Bonchev–Trinajstić information content (AvgIpc) is 2.52. The number of anilines is 1. The lowest BCUT2D eigenvalue weighted by Gasteiger charge is -2.09. The minimum absolute atomic E-state index is 0.0385. The fourth-order valence-corrected chi connectivity index (χ4v) is 1.59. The SMILES string of the molecule is CC(C)Oc1ccc(C(=O)OCCNc2ncccn2)cn1. The fourth-order valence-electron chi connectivity index (χ4n) is 1.59. The van der Waals surface area contributed by atoms with Gasteiger partial charge in [0.25, 0.3) is 0 Å². The van der Waals surface area contributed by atoms with Gasteiger partial charge in [0.05, 0.1) is 18.2 Å². The van der Waals surface area contributed by atoms with Crippen molar-refractivity contribution in [3.8, 4) is 5.88 Å². The lowest BCUT2D eigenvalue weighted by Crippen LogP contribution is -2.15. The van der Waals surface area contributed by atoms with E-state index in [0.29, 0.717) is 23.9 Å². The summed E-state index contributed by atoms with van der Waals surface area (Å²) in [4.78, 5) is 23.9. The van der Waals surface area contributed by atoms with Crippen LogP contribution in [0, 0.1) is 0 Å². The first-order valence-electron chi connectivity index (χ1n) is 6.96. The van der Waals surface area contributed by atoms with Gasteiger partial charge < -0.3 is 14.8 Å². The first kappa shape index (κ1) is 15.7. The van der Waals surface area contributed by atoms with Crippen LogP contribution in [-0.4, -0.2) is 40.2 Å². The minimum atomic E-state index is -0.431. The van der Waals surface area contributed by atoms with Crippen LogP contribution in [0.15, 0.2) is 36.8 Å². The molecule has 0 saturated heterocycles. The van der Waals surface area contributed by atoms with Crippen LogP contribution in [0.3, 0.4) is 0 Å². The zero-order chi connectivity index (χ0) is 15.8. The van der Waals surface area contributed by atoms with E-state index < -0.39 is 5.97 Å². The van der Waals surface area contributed by atoms with Gasteiger partial charge in [0.15, 0.2) is 0 Å². The van der Waals surface area contributed by atoms with Crippen molar-refractivity contribution in [1.82, 2.24) is 15.0 Å². The van der Waals surface area contributed by atoms with E-state index in [1.165, 1.54) is 6.20 Å². The molecule has 0 radical (unpaired) electrons. The lowest BCUT2D eigenvalue weighted by molar-refractivity contribution is 0.0520. The van der Waals surface area contributed by atoms with Gasteiger partial charge in [-0.1, -0.05) is 0 Å². The van der Waals surface area contributed by atoms with Crippen LogP contribution < -0.4 is 10.1 Å². The molecule has 1 N–H and O–H groups in total. The summed E-state index contributed by atoms with van der Waals surface area (Å²) >= 11 is 0. The Morgan fingerprint density at radius 1 is 1.23 bits per heavy atom. The molecule has 7 heteroatoms. The van der Waals surface area contributed by atoms with Crippen LogP contribution in [0.1, 0.15) is 24.2 Å². The van der Waals surface area contributed by atoms with E-state index in [0.717, 1.165) is 0 Å². The molecule has 0 aromatic carbocycles. The molecule has 0 atom stereocenters. The first-order chi connectivity index (χ1) is 10.6. The Labute approximate surface area is 128 Å². The summed E-state index contributed by atoms with van der Waals surface area (Å²) in [7, 11) is 0. The van der Waals surface area contributed by atoms with Crippen LogP contribution in [0.2, 0.25) is 0 Å². The van der Waals surface area contributed by atoms with E-state index in [4.69, 9.17) is 9.47 Å². The number of aromatic nitrogens is 3. The van der Waals surface area contributed by atoms with Crippen LogP contribution in [0.5, 0.6) is 5.88 Å². The van der Waals surface area contributed by atoms with Crippen molar-refractivity contribution in [2.45, 2.75) is 20.0 Å². The van der Waals surface area contributed by atoms with Crippen molar-refractivity contribution < 1.29 is 14.3 Å². The minimum Gasteiger partial charge on any atom is -0.475 e. The Morgan fingerprint density at radius 2 is 2.00 bits per heavy atom. The number of ether oxygens (including phenoxy) is 2. The monoisotopic (exact) mass is 302 g/mol. The standard InChI is InChI=1S/C15H18N4O3/c1-11(2)22-13-5-4-12(10-19-13)14(20)21-9-8-18-15-16-6-3-7-17-15/h3-7,10-11H,8-9H2,1-2H3,(H,16,17,18). The number of carbonyl (C=O) groups excluding carboxylic acids is 1. The van der Waals surface area contributed by atoms with E-state index in [1.54, 1.807) is 30.6 Å². The average molecular weight is 302 g/mol. The Hall–Kier alpha value is -2.70. The van der Waals surface area contributed by atoms with Gasteiger partial charge in [-0.2, -0.15) is 0 Å². The van der Waals surface area contributed by atoms with E-state index in [1.807, 2.05) is 13.8 Å². The largest absolute Gasteiger partial charge is 0.475 e. The van der Waals surface area contributed by atoms with E-state index in [9.17, 15) is 4.79 Å². The summed E-state index contributed by atoms with van der Waals surface area (Å²) in [5, 5.41) is 2.95. The lowest BCUT2D eigenvalue weighted by atomic mass is 10.3. The molecule has 22 heavy (non-hydrogen) atoms. The van der Waals surface area contributed by atoms with E-state index in [-0.39, 0.29) is 12.7 Å². The number of rotatable bonds is 7. The Kier molecular flexibility index (Phi) is 5.65. The van der Waals surface area contributed by atoms with Gasteiger partial charge in [0.2, 0.25) is 11.8 Å². The molecular weight excluding hydrogens is 284 g/mol. The molecular formula is C15H18N4O3. The highest BCUT2D eigenvalue weighted by molar-refractivity contribution is 5.89. The zero-order valence-electron chi connectivity index (χ0n) is 12.5. The van der Waals surface area contributed by atoms with Crippen molar-refractivity contribution in [3.05, 3.63) is 42.4 Å². The summed E-state index contributed by atoms with van der Waals surface area (Å²) in [6, 6.07) is 5.00. The predicted molar refractivity (Wildman–Crippen MR) is 80.8 cm³/mol. The first-order valence-corrected chi connectivity index (χ1v) is 6.96. The fraction of sp³-hybridized carbons (Fsp3) is 0.333. The zero-order valence-corrected chi connectivity index (χ0v) is 12.5. The molecule has 0 fully saturated rings. The van der Waals surface area contributed by atoms with Crippen LogP contribution in [0.25, 0.3) is 0 Å². The maximum absolute atomic E-state index is 11.8. The maximum Gasteiger partial charge on any atom is 0.339 e. The molecule has 0 aliphatic carbocycles. The number of nitrogens with zero attached hydrogens (tertiary/aromatic N) is 3. The second kappa shape index (κ2) is 7.92. The Balaban J connectivity index is 1.75. The number of hydrogen-bond acceptors (Lipinski definition) is 7. The number of carbonyl (C=O) groups is 1. The van der Waals surface area contributed by atoms with Crippen molar-refractivity contribution in [3.63, 3.8) is 0 Å². The molecule has 2 aromatic rings. The third-order valence-corrected chi connectivity index (χ3v) is 2.51. The number of nitrogens with one attached hydrogen (secondary N) is 1. The van der Waals surface area contributed by atoms with Crippen molar-refractivity contribution in [2.24, 2.45) is 0 Å². The van der Waals surface area contributed by atoms with Gasteiger partial charge in [-0.15, -0.1) is 0 Å². The van der Waals surface area contributed by atoms with Crippen LogP contribution in [-0.2, 0) is 4.74 Å². The van der Waals surface area contributed by atoms with E-state index >= 15 is 0 Å².